The number of fused-ring (bicyclic) bond motifs is 1. The minimum atomic E-state index is -0.0555. The summed E-state index contributed by atoms with van der Waals surface area (Å²) < 4.78 is 14.5. The predicted molar refractivity (Wildman–Crippen MR) is 122 cm³/mol. The Labute approximate surface area is 175 Å². The van der Waals surface area contributed by atoms with E-state index in [2.05, 4.69) is 49.4 Å². The van der Waals surface area contributed by atoms with E-state index in [1.165, 1.54) is 48.8 Å². The van der Waals surface area contributed by atoms with Gasteiger partial charge in [0.05, 0.1) is 0 Å². The molecule has 0 unspecified atom stereocenters. The van der Waals surface area contributed by atoms with Crippen molar-refractivity contribution in [2.75, 3.05) is 0 Å². The van der Waals surface area contributed by atoms with Gasteiger partial charge in [0.1, 0.15) is 5.82 Å². The fourth-order valence-electron chi connectivity index (χ4n) is 4.96. The lowest BCUT2D eigenvalue weighted by Gasteiger charge is -2.28. The van der Waals surface area contributed by atoms with E-state index in [1.807, 2.05) is 19.1 Å². The maximum atomic E-state index is 14.5. The monoisotopic (exact) mass is 388 g/mol. The van der Waals surface area contributed by atoms with Crippen molar-refractivity contribution >= 4 is 10.8 Å². The van der Waals surface area contributed by atoms with Crippen molar-refractivity contribution in [3.8, 4) is 0 Å². The molecule has 29 heavy (non-hydrogen) atoms. The minimum absolute atomic E-state index is 0.0555. The van der Waals surface area contributed by atoms with Crippen molar-refractivity contribution in [3.05, 3.63) is 82.7 Å². The highest BCUT2D eigenvalue weighted by molar-refractivity contribution is 5.84. The fraction of sp³-hybridized carbons (Fsp3) is 0.429. The summed E-state index contributed by atoms with van der Waals surface area (Å²) in [5.74, 6) is 1.66. The van der Waals surface area contributed by atoms with Crippen LogP contribution in [0.5, 0.6) is 0 Å². The third kappa shape index (κ3) is 4.55. The molecule has 0 atom stereocenters. The molecule has 3 aromatic rings. The molecule has 0 spiro atoms. The van der Waals surface area contributed by atoms with Gasteiger partial charge >= 0.3 is 0 Å². The normalized spacial score (nSPS) is 19.6. The van der Waals surface area contributed by atoms with Gasteiger partial charge in [0, 0.05) is 5.39 Å². The molecule has 1 heteroatoms. The van der Waals surface area contributed by atoms with Gasteiger partial charge in [-0.3, -0.25) is 0 Å². The highest BCUT2D eigenvalue weighted by Crippen LogP contribution is 2.37. The van der Waals surface area contributed by atoms with Crippen LogP contribution in [0.2, 0.25) is 0 Å². The SMILES string of the molecule is CCc1ccc2cc(CCc3ccc(C4CCC(CC)CC4)cc3)ccc2c1F. The van der Waals surface area contributed by atoms with Gasteiger partial charge < -0.3 is 0 Å². The number of halogens is 1. The number of hydrogen-bond donors (Lipinski definition) is 0. The van der Waals surface area contributed by atoms with E-state index in [0.717, 1.165) is 47.4 Å². The molecule has 1 aliphatic carbocycles. The molecule has 0 aliphatic heterocycles. The van der Waals surface area contributed by atoms with Crippen LogP contribution < -0.4 is 0 Å². The van der Waals surface area contributed by atoms with Crippen LogP contribution in [0.1, 0.15) is 74.1 Å². The zero-order valence-electron chi connectivity index (χ0n) is 17.9. The van der Waals surface area contributed by atoms with Crippen LogP contribution in [-0.4, -0.2) is 0 Å². The number of aryl methyl sites for hydroxylation is 3. The second-order valence-electron chi connectivity index (χ2n) is 8.82. The summed E-state index contributed by atoms with van der Waals surface area (Å²) in [6, 6.07) is 19.5. The first kappa shape index (κ1) is 20.1. The van der Waals surface area contributed by atoms with Crippen LogP contribution in [0.25, 0.3) is 10.8 Å². The van der Waals surface area contributed by atoms with Gasteiger partial charge in [0.25, 0.3) is 0 Å². The second-order valence-corrected chi connectivity index (χ2v) is 8.82. The summed E-state index contributed by atoms with van der Waals surface area (Å²) in [7, 11) is 0. The molecule has 0 heterocycles. The van der Waals surface area contributed by atoms with Crippen molar-refractivity contribution in [2.45, 2.75) is 71.1 Å². The van der Waals surface area contributed by atoms with Crippen LogP contribution in [0.4, 0.5) is 4.39 Å². The smallest absolute Gasteiger partial charge is 0.134 e. The van der Waals surface area contributed by atoms with Crippen molar-refractivity contribution in [3.63, 3.8) is 0 Å². The zero-order chi connectivity index (χ0) is 20.2. The third-order valence-electron chi connectivity index (χ3n) is 7.06. The maximum Gasteiger partial charge on any atom is 0.134 e. The molecule has 0 saturated heterocycles. The largest absolute Gasteiger partial charge is 0.206 e. The van der Waals surface area contributed by atoms with E-state index >= 15 is 0 Å². The Morgan fingerprint density at radius 2 is 1.48 bits per heavy atom. The lowest BCUT2D eigenvalue weighted by atomic mass is 9.78. The molecule has 152 valence electrons. The van der Waals surface area contributed by atoms with Crippen molar-refractivity contribution in [1.29, 1.82) is 0 Å². The topological polar surface area (TPSA) is 0 Å². The lowest BCUT2D eigenvalue weighted by Crippen LogP contribution is -2.12. The summed E-state index contributed by atoms with van der Waals surface area (Å²) in [6.07, 6.45) is 9.59. The van der Waals surface area contributed by atoms with Gasteiger partial charge in [0.15, 0.2) is 0 Å². The van der Waals surface area contributed by atoms with Crippen molar-refractivity contribution in [1.82, 2.24) is 0 Å². The number of benzene rings is 3. The highest BCUT2D eigenvalue weighted by atomic mass is 19.1. The summed E-state index contributed by atoms with van der Waals surface area (Å²) in [5, 5.41) is 1.76. The molecule has 0 nitrogen and oxygen atoms in total. The third-order valence-corrected chi connectivity index (χ3v) is 7.06. The first-order valence-electron chi connectivity index (χ1n) is 11.5. The Morgan fingerprint density at radius 1 is 0.793 bits per heavy atom. The van der Waals surface area contributed by atoms with Gasteiger partial charge in [-0.1, -0.05) is 74.9 Å². The van der Waals surface area contributed by atoms with E-state index in [-0.39, 0.29) is 5.82 Å². The molecule has 1 fully saturated rings. The van der Waals surface area contributed by atoms with E-state index in [0.29, 0.717) is 0 Å². The first-order valence-corrected chi connectivity index (χ1v) is 11.5. The molecule has 0 amide bonds. The molecule has 0 N–H and O–H groups in total. The van der Waals surface area contributed by atoms with E-state index in [4.69, 9.17) is 0 Å². The molecule has 1 aliphatic rings. The Bertz CT molecular complexity index is 946. The molecule has 0 bridgehead atoms. The summed E-state index contributed by atoms with van der Waals surface area (Å²) in [6.45, 7) is 4.33. The predicted octanol–water partition coefficient (Wildman–Crippen LogP) is 8.01. The van der Waals surface area contributed by atoms with Crippen LogP contribution >= 0.6 is 0 Å². The van der Waals surface area contributed by atoms with Gasteiger partial charge in [-0.05, 0) is 84.4 Å². The fourth-order valence-corrected chi connectivity index (χ4v) is 4.96. The van der Waals surface area contributed by atoms with Gasteiger partial charge in [-0.25, -0.2) is 4.39 Å². The van der Waals surface area contributed by atoms with Gasteiger partial charge in [0.2, 0.25) is 0 Å². The lowest BCUT2D eigenvalue weighted by molar-refractivity contribution is 0.319. The first-order chi connectivity index (χ1) is 14.2. The highest BCUT2D eigenvalue weighted by Gasteiger charge is 2.21. The minimum Gasteiger partial charge on any atom is -0.206 e. The maximum absolute atomic E-state index is 14.5. The number of rotatable bonds is 6. The molecule has 0 radical (unpaired) electrons. The standard InChI is InChI=1S/C28H33F/c1-3-20-7-12-24(13-8-20)25-14-9-21(10-15-25)5-6-22-11-18-27-26(19-22)17-16-23(4-2)28(27)29/h9-11,14-20,24H,3-8,12-13H2,1-2H3. The van der Waals surface area contributed by atoms with Gasteiger partial charge in [-0.15, -0.1) is 0 Å². The Morgan fingerprint density at radius 3 is 2.17 bits per heavy atom. The quantitative estimate of drug-likeness (QED) is 0.401. The summed E-state index contributed by atoms with van der Waals surface area (Å²) in [5.41, 5.74) is 5.00. The molecule has 4 rings (SSSR count). The van der Waals surface area contributed by atoms with Crippen LogP contribution in [0, 0.1) is 11.7 Å². The summed E-state index contributed by atoms with van der Waals surface area (Å²) >= 11 is 0. The molecule has 0 aromatic heterocycles. The van der Waals surface area contributed by atoms with E-state index in [1.54, 1.807) is 0 Å². The summed E-state index contributed by atoms with van der Waals surface area (Å²) in [4.78, 5) is 0. The van der Waals surface area contributed by atoms with Crippen molar-refractivity contribution in [2.24, 2.45) is 5.92 Å². The molecule has 1 saturated carbocycles. The van der Waals surface area contributed by atoms with Crippen molar-refractivity contribution < 1.29 is 4.39 Å². The molecular weight excluding hydrogens is 355 g/mol. The number of hydrogen-bond acceptors (Lipinski definition) is 0. The Kier molecular flexibility index (Phi) is 6.33. The van der Waals surface area contributed by atoms with E-state index in [9.17, 15) is 4.39 Å². The average molecular weight is 389 g/mol. The van der Waals surface area contributed by atoms with Crippen LogP contribution in [-0.2, 0) is 19.3 Å². The van der Waals surface area contributed by atoms with Gasteiger partial charge in [-0.2, -0.15) is 0 Å². The molecule has 3 aromatic carbocycles. The van der Waals surface area contributed by atoms with Crippen LogP contribution in [0.15, 0.2) is 54.6 Å². The average Bonchev–Trinajstić information content (AvgIpc) is 2.78. The Hall–Kier alpha value is -2.15. The second kappa shape index (κ2) is 9.11. The van der Waals surface area contributed by atoms with Crippen LogP contribution in [0.3, 0.4) is 0 Å². The molecular formula is C28H33F. The van der Waals surface area contributed by atoms with E-state index < -0.39 is 0 Å². The zero-order valence-corrected chi connectivity index (χ0v) is 17.9. The Balaban J connectivity index is 1.39.